The second-order valence-electron chi connectivity index (χ2n) is 4.25. The van der Waals surface area contributed by atoms with E-state index in [4.69, 9.17) is 21.1 Å². The van der Waals surface area contributed by atoms with Crippen LogP contribution >= 0.6 is 11.6 Å². The molecule has 0 radical (unpaired) electrons. The molecule has 0 fully saturated rings. The molecule has 0 aliphatic carbocycles. The predicted molar refractivity (Wildman–Crippen MR) is 75.2 cm³/mol. The minimum absolute atomic E-state index is 0.0207. The third kappa shape index (κ3) is 5.36. The van der Waals surface area contributed by atoms with Crippen LogP contribution < -0.4 is 5.32 Å². The van der Waals surface area contributed by atoms with Crippen molar-refractivity contribution in [1.82, 2.24) is 5.32 Å². The summed E-state index contributed by atoms with van der Waals surface area (Å²) in [6, 6.07) is 7.79. The van der Waals surface area contributed by atoms with E-state index in [9.17, 15) is 0 Å². The fraction of sp³-hybridized carbons (Fsp3) is 0.571. The van der Waals surface area contributed by atoms with E-state index in [2.05, 4.69) is 12.2 Å². The summed E-state index contributed by atoms with van der Waals surface area (Å²) in [6.45, 7) is 6.39. The first-order chi connectivity index (χ1) is 8.67. The van der Waals surface area contributed by atoms with Gasteiger partial charge in [0.05, 0.1) is 18.8 Å². The van der Waals surface area contributed by atoms with E-state index in [1.165, 1.54) is 0 Å². The van der Waals surface area contributed by atoms with E-state index in [0.717, 1.165) is 23.7 Å². The molecule has 0 aliphatic heterocycles. The quantitative estimate of drug-likeness (QED) is 0.788. The molecule has 0 amide bonds. The number of nitrogens with one attached hydrogen (secondary N) is 1. The standard InChI is InChI=1S/C14H22ClNO2/c1-4-16-9-14(18-11(2)10-17-3)12-5-7-13(15)8-6-12/h5-8,11,14,16H,4,9-10H2,1-3H3. The maximum Gasteiger partial charge on any atom is 0.0954 e. The Labute approximate surface area is 114 Å². The van der Waals surface area contributed by atoms with Gasteiger partial charge < -0.3 is 14.8 Å². The van der Waals surface area contributed by atoms with E-state index in [1.807, 2.05) is 31.2 Å². The van der Waals surface area contributed by atoms with Crippen LogP contribution in [-0.4, -0.2) is 32.9 Å². The molecule has 0 saturated heterocycles. The Kier molecular flexibility index (Phi) is 7.28. The first-order valence-electron chi connectivity index (χ1n) is 6.28. The van der Waals surface area contributed by atoms with Gasteiger partial charge in [0.15, 0.2) is 0 Å². The monoisotopic (exact) mass is 271 g/mol. The van der Waals surface area contributed by atoms with E-state index in [-0.39, 0.29) is 12.2 Å². The molecule has 0 bridgehead atoms. The van der Waals surface area contributed by atoms with Gasteiger partial charge in [-0.3, -0.25) is 0 Å². The van der Waals surface area contributed by atoms with Crippen LogP contribution in [0.5, 0.6) is 0 Å². The molecule has 1 N–H and O–H groups in total. The number of halogens is 1. The lowest BCUT2D eigenvalue weighted by molar-refractivity contribution is -0.0391. The Morgan fingerprint density at radius 3 is 2.50 bits per heavy atom. The van der Waals surface area contributed by atoms with Crippen LogP contribution in [-0.2, 0) is 9.47 Å². The van der Waals surface area contributed by atoms with Crippen LogP contribution in [0, 0.1) is 0 Å². The molecule has 102 valence electrons. The molecular weight excluding hydrogens is 250 g/mol. The Morgan fingerprint density at radius 2 is 1.94 bits per heavy atom. The number of hydrogen-bond acceptors (Lipinski definition) is 3. The summed E-state index contributed by atoms with van der Waals surface area (Å²) in [5.74, 6) is 0. The van der Waals surface area contributed by atoms with Gasteiger partial charge in [-0.15, -0.1) is 0 Å². The maximum atomic E-state index is 5.99. The summed E-state index contributed by atoms with van der Waals surface area (Å²) < 4.78 is 11.1. The van der Waals surface area contributed by atoms with Crippen LogP contribution in [0.4, 0.5) is 0 Å². The smallest absolute Gasteiger partial charge is 0.0954 e. The van der Waals surface area contributed by atoms with Crippen LogP contribution in [0.25, 0.3) is 0 Å². The summed E-state index contributed by atoms with van der Waals surface area (Å²) in [7, 11) is 1.68. The van der Waals surface area contributed by atoms with Crippen LogP contribution in [0.3, 0.4) is 0 Å². The van der Waals surface area contributed by atoms with Crippen molar-refractivity contribution in [3.63, 3.8) is 0 Å². The van der Waals surface area contributed by atoms with Crippen molar-refractivity contribution < 1.29 is 9.47 Å². The van der Waals surface area contributed by atoms with Gasteiger partial charge >= 0.3 is 0 Å². The molecule has 0 spiro atoms. The minimum atomic E-state index is 0.0207. The highest BCUT2D eigenvalue weighted by molar-refractivity contribution is 6.30. The lowest BCUT2D eigenvalue weighted by Gasteiger charge is -2.23. The SMILES string of the molecule is CCNCC(OC(C)COC)c1ccc(Cl)cc1. The highest BCUT2D eigenvalue weighted by Crippen LogP contribution is 2.21. The molecule has 2 atom stereocenters. The second kappa shape index (κ2) is 8.48. The zero-order valence-corrected chi connectivity index (χ0v) is 12.0. The maximum absolute atomic E-state index is 5.99. The van der Waals surface area contributed by atoms with Crippen molar-refractivity contribution in [3.8, 4) is 0 Å². The molecule has 0 saturated carbocycles. The van der Waals surface area contributed by atoms with Gasteiger partial charge in [0.25, 0.3) is 0 Å². The molecule has 1 rings (SSSR count). The highest BCUT2D eigenvalue weighted by Gasteiger charge is 2.15. The third-order valence-electron chi connectivity index (χ3n) is 2.62. The van der Waals surface area contributed by atoms with E-state index in [0.29, 0.717) is 6.61 Å². The summed E-state index contributed by atoms with van der Waals surface area (Å²) in [6.07, 6.45) is 0.0849. The van der Waals surface area contributed by atoms with Gasteiger partial charge in [-0.1, -0.05) is 30.7 Å². The number of hydrogen-bond donors (Lipinski definition) is 1. The molecule has 0 aliphatic rings. The zero-order chi connectivity index (χ0) is 13.4. The van der Waals surface area contributed by atoms with Crippen LogP contribution in [0.2, 0.25) is 5.02 Å². The third-order valence-corrected chi connectivity index (χ3v) is 2.87. The number of ether oxygens (including phenoxy) is 2. The number of likely N-dealkylation sites (N-methyl/N-ethyl adjacent to an activating group) is 1. The molecule has 1 aromatic rings. The predicted octanol–water partition coefficient (Wildman–Crippen LogP) is 3.04. The van der Waals surface area contributed by atoms with Crippen molar-refractivity contribution in [2.45, 2.75) is 26.1 Å². The molecule has 4 heteroatoms. The molecule has 0 aromatic heterocycles. The largest absolute Gasteiger partial charge is 0.382 e. The van der Waals surface area contributed by atoms with Crippen molar-refractivity contribution in [3.05, 3.63) is 34.9 Å². The molecule has 0 heterocycles. The van der Waals surface area contributed by atoms with Gasteiger partial charge in [0, 0.05) is 18.7 Å². The van der Waals surface area contributed by atoms with Crippen molar-refractivity contribution in [2.24, 2.45) is 0 Å². The summed E-state index contributed by atoms with van der Waals surface area (Å²) in [4.78, 5) is 0. The number of rotatable bonds is 8. The Balaban J connectivity index is 2.67. The Hall–Kier alpha value is -0.610. The average Bonchev–Trinajstić information content (AvgIpc) is 2.36. The zero-order valence-electron chi connectivity index (χ0n) is 11.3. The van der Waals surface area contributed by atoms with Gasteiger partial charge in [-0.05, 0) is 31.2 Å². The van der Waals surface area contributed by atoms with Crippen molar-refractivity contribution >= 4 is 11.6 Å². The number of methoxy groups -OCH3 is 1. The molecule has 2 unspecified atom stereocenters. The minimum Gasteiger partial charge on any atom is -0.382 e. The summed E-state index contributed by atoms with van der Waals surface area (Å²) in [5.41, 5.74) is 1.13. The number of benzene rings is 1. The lowest BCUT2D eigenvalue weighted by atomic mass is 10.1. The molecule has 3 nitrogen and oxygen atoms in total. The first-order valence-corrected chi connectivity index (χ1v) is 6.65. The summed E-state index contributed by atoms with van der Waals surface area (Å²) >= 11 is 5.90. The van der Waals surface area contributed by atoms with Gasteiger partial charge in [-0.25, -0.2) is 0 Å². The van der Waals surface area contributed by atoms with Crippen LogP contribution in [0.1, 0.15) is 25.5 Å². The van der Waals surface area contributed by atoms with Gasteiger partial charge in [-0.2, -0.15) is 0 Å². The Bertz CT molecular complexity index is 329. The van der Waals surface area contributed by atoms with Gasteiger partial charge in [0.1, 0.15) is 0 Å². The molecule has 1 aromatic carbocycles. The van der Waals surface area contributed by atoms with Crippen molar-refractivity contribution in [2.75, 3.05) is 26.8 Å². The Morgan fingerprint density at radius 1 is 1.28 bits per heavy atom. The first kappa shape index (κ1) is 15.4. The highest BCUT2D eigenvalue weighted by atomic mass is 35.5. The average molecular weight is 272 g/mol. The lowest BCUT2D eigenvalue weighted by Crippen LogP contribution is -2.27. The topological polar surface area (TPSA) is 30.5 Å². The van der Waals surface area contributed by atoms with E-state index >= 15 is 0 Å². The van der Waals surface area contributed by atoms with Crippen molar-refractivity contribution in [1.29, 1.82) is 0 Å². The molecular formula is C14H22ClNO2. The molecule has 18 heavy (non-hydrogen) atoms. The van der Waals surface area contributed by atoms with E-state index in [1.54, 1.807) is 7.11 Å². The fourth-order valence-electron chi connectivity index (χ4n) is 1.75. The van der Waals surface area contributed by atoms with Crippen LogP contribution in [0.15, 0.2) is 24.3 Å². The van der Waals surface area contributed by atoms with E-state index < -0.39 is 0 Å². The van der Waals surface area contributed by atoms with Gasteiger partial charge in [0.2, 0.25) is 0 Å². The normalized spacial score (nSPS) is 14.4. The second-order valence-corrected chi connectivity index (χ2v) is 4.69. The summed E-state index contributed by atoms with van der Waals surface area (Å²) in [5, 5.41) is 4.05. The fourth-order valence-corrected chi connectivity index (χ4v) is 1.88.